The molecule has 0 unspecified atom stereocenters. The van der Waals surface area contributed by atoms with E-state index in [2.05, 4.69) is 25.4 Å². The smallest absolute Gasteiger partial charge is 0.284 e. The number of pyridine rings is 1. The van der Waals surface area contributed by atoms with Gasteiger partial charge in [0.1, 0.15) is 12.2 Å². The minimum absolute atomic E-state index is 0.0335. The van der Waals surface area contributed by atoms with E-state index in [0.29, 0.717) is 43.5 Å². The van der Waals surface area contributed by atoms with Gasteiger partial charge < -0.3 is 10.2 Å². The van der Waals surface area contributed by atoms with Crippen molar-refractivity contribution in [3.63, 3.8) is 0 Å². The molecule has 10 nitrogen and oxygen atoms in total. The normalized spacial score (nSPS) is 17.2. The number of amides is 2. The summed E-state index contributed by atoms with van der Waals surface area (Å²) in [6, 6.07) is 4.81. The average Bonchev–Trinajstić information content (AvgIpc) is 3.50. The number of aromatic nitrogens is 5. The molecule has 3 aromatic heterocycles. The topological polar surface area (TPSA) is 101 Å². The van der Waals surface area contributed by atoms with Crippen LogP contribution >= 0.6 is 0 Å². The standard InChI is InChI=1S/C25H28F4N8O2/c1-15(38)34-7-5-17(6-8-34)35-11-18(12-35)37-13-21(23(33-37)24(28)29)32-25(39)20-4-2-3-19(31-20)16-9-30-36(10-16)14-22(26)27/h2-4,9-10,13,17-18,22,24H,5-8,11-12,14H2,1H3,(H,32,39). The fourth-order valence-corrected chi connectivity index (χ4v) is 4.99. The molecule has 0 bridgehead atoms. The summed E-state index contributed by atoms with van der Waals surface area (Å²) >= 11 is 0. The first-order chi connectivity index (χ1) is 18.7. The summed E-state index contributed by atoms with van der Waals surface area (Å²) in [4.78, 5) is 32.8. The summed E-state index contributed by atoms with van der Waals surface area (Å²) in [6.07, 6.45) is 0.444. The van der Waals surface area contributed by atoms with Crippen molar-refractivity contribution in [3.05, 3.63) is 48.2 Å². The van der Waals surface area contributed by atoms with Crippen molar-refractivity contribution in [3.8, 4) is 11.3 Å². The van der Waals surface area contributed by atoms with Gasteiger partial charge in [-0.15, -0.1) is 0 Å². The lowest BCUT2D eigenvalue weighted by Gasteiger charge is -2.47. The predicted octanol–water partition coefficient (Wildman–Crippen LogP) is 3.46. The lowest BCUT2D eigenvalue weighted by Crippen LogP contribution is -2.56. The van der Waals surface area contributed by atoms with E-state index >= 15 is 0 Å². The number of nitrogens with zero attached hydrogens (tertiary/aromatic N) is 7. The second-order valence-corrected chi connectivity index (χ2v) is 9.76. The van der Waals surface area contributed by atoms with Gasteiger partial charge in [-0.25, -0.2) is 22.5 Å². The highest BCUT2D eigenvalue weighted by Gasteiger charge is 2.36. The molecule has 0 aromatic carbocycles. The first kappa shape index (κ1) is 26.8. The Morgan fingerprint density at radius 3 is 2.49 bits per heavy atom. The van der Waals surface area contributed by atoms with Crippen molar-refractivity contribution in [2.45, 2.75) is 51.2 Å². The average molecular weight is 549 g/mol. The third-order valence-electron chi connectivity index (χ3n) is 7.14. The number of halogens is 4. The summed E-state index contributed by atoms with van der Waals surface area (Å²) < 4.78 is 55.3. The molecule has 0 saturated carbocycles. The van der Waals surface area contributed by atoms with Crippen LogP contribution in [0.2, 0.25) is 0 Å². The Hall–Kier alpha value is -3.81. The number of piperidine rings is 1. The van der Waals surface area contributed by atoms with E-state index in [4.69, 9.17) is 0 Å². The van der Waals surface area contributed by atoms with Gasteiger partial charge in [-0.1, -0.05) is 6.07 Å². The molecule has 0 aliphatic carbocycles. The van der Waals surface area contributed by atoms with Gasteiger partial charge in [0.2, 0.25) is 5.91 Å². The quantitative estimate of drug-likeness (QED) is 0.433. The maximum absolute atomic E-state index is 13.8. The van der Waals surface area contributed by atoms with E-state index in [-0.39, 0.29) is 23.3 Å². The molecular weight excluding hydrogens is 520 g/mol. The second-order valence-electron chi connectivity index (χ2n) is 9.76. The van der Waals surface area contributed by atoms with E-state index in [0.717, 1.165) is 17.5 Å². The number of likely N-dealkylation sites (tertiary alicyclic amines) is 2. The van der Waals surface area contributed by atoms with Gasteiger partial charge in [-0.3, -0.25) is 23.9 Å². The minimum atomic E-state index is -2.89. The summed E-state index contributed by atoms with van der Waals surface area (Å²) in [5.74, 6) is -0.630. The monoisotopic (exact) mass is 548 g/mol. The zero-order valence-electron chi connectivity index (χ0n) is 21.2. The zero-order valence-corrected chi connectivity index (χ0v) is 21.2. The van der Waals surface area contributed by atoms with E-state index in [1.807, 2.05) is 4.90 Å². The summed E-state index contributed by atoms with van der Waals surface area (Å²) in [7, 11) is 0. The maximum Gasteiger partial charge on any atom is 0.284 e. The molecule has 2 fully saturated rings. The molecule has 39 heavy (non-hydrogen) atoms. The summed E-state index contributed by atoms with van der Waals surface area (Å²) in [5.41, 5.74) is 0.111. The number of hydrogen-bond acceptors (Lipinski definition) is 6. The molecule has 2 amide bonds. The Labute approximate surface area is 221 Å². The number of rotatable bonds is 8. The van der Waals surface area contributed by atoms with Gasteiger partial charge in [0.25, 0.3) is 18.8 Å². The van der Waals surface area contributed by atoms with Crippen molar-refractivity contribution in [2.75, 3.05) is 31.5 Å². The predicted molar refractivity (Wildman–Crippen MR) is 132 cm³/mol. The van der Waals surface area contributed by atoms with Crippen LogP contribution in [0.1, 0.15) is 48.4 Å². The Balaban J connectivity index is 1.24. The van der Waals surface area contributed by atoms with Crippen LogP contribution in [0.3, 0.4) is 0 Å². The molecule has 208 valence electrons. The molecular formula is C25H28F4N8O2. The Morgan fingerprint density at radius 2 is 1.82 bits per heavy atom. The molecule has 2 aliphatic rings. The number of carbonyl (C=O) groups is 2. The van der Waals surface area contributed by atoms with Crippen LogP contribution in [0.15, 0.2) is 36.8 Å². The van der Waals surface area contributed by atoms with Gasteiger partial charge in [0.05, 0.1) is 23.6 Å². The number of hydrogen-bond donors (Lipinski definition) is 1. The van der Waals surface area contributed by atoms with E-state index in [1.165, 1.54) is 29.3 Å². The lowest BCUT2D eigenvalue weighted by molar-refractivity contribution is -0.130. The third kappa shape index (κ3) is 5.95. The molecule has 3 aromatic rings. The molecule has 1 N–H and O–H groups in total. The number of carbonyl (C=O) groups excluding carboxylic acids is 2. The molecule has 0 spiro atoms. The largest absolute Gasteiger partial charge is 0.343 e. The fraction of sp³-hybridized carbons (Fsp3) is 0.480. The molecule has 5 rings (SSSR count). The van der Waals surface area contributed by atoms with Gasteiger partial charge in [-0.05, 0) is 25.0 Å². The summed E-state index contributed by atoms with van der Waals surface area (Å²) in [6.45, 7) is 3.70. The van der Waals surface area contributed by atoms with Gasteiger partial charge in [0, 0.05) is 57.1 Å². The molecule has 5 heterocycles. The molecule has 0 atom stereocenters. The first-order valence-electron chi connectivity index (χ1n) is 12.6. The Bertz CT molecular complexity index is 1330. The maximum atomic E-state index is 13.8. The Kier molecular flexibility index (Phi) is 7.64. The second kappa shape index (κ2) is 11.1. The van der Waals surface area contributed by atoms with Gasteiger partial charge >= 0.3 is 0 Å². The SMILES string of the molecule is CC(=O)N1CCC(N2CC(n3cc(NC(=O)c4cccc(-c5cnn(CC(F)F)c5)n4)c(C(F)F)n3)C2)CC1. The van der Waals surface area contributed by atoms with Crippen LogP contribution in [0, 0.1) is 0 Å². The highest BCUT2D eigenvalue weighted by atomic mass is 19.3. The number of anilines is 1. The Morgan fingerprint density at radius 1 is 1.08 bits per heavy atom. The van der Waals surface area contributed by atoms with Crippen molar-refractivity contribution < 1.29 is 27.2 Å². The van der Waals surface area contributed by atoms with E-state index in [1.54, 1.807) is 19.1 Å². The van der Waals surface area contributed by atoms with Crippen LogP contribution in [-0.2, 0) is 11.3 Å². The van der Waals surface area contributed by atoms with E-state index in [9.17, 15) is 27.2 Å². The van der Waals surface area contributed by atoms with Gasteiger partial charge in [0.15, 0.2) is 5.69 Å². The van der Waals surface area contributed by atoms with Crippen LogP contribution in [-0.4, -0.2) is 84.8 Å². The van der Waals surface area contributed by atoms with Crippen molar-refractivity contribution in [1.82, 2.24) is 34.3 Å². The van der Waals surface area contributed by atoms with Gasteiger partial charge in [-0.2, -0.15) is 10.2 Å². The third-order valence-corrected chi connectivity index (χ3v) is 7.14. The first-order valence-corrected chi connectivity index (χ1v) is 12.6. The number of nitrogens with one attached hydrogen (secondary N) is 1. The minimum Gasteiger partial charge on any atom is -0.343 e. The fourth-order valence-electron chi connectivity index (χ4n) is 4.99. The molecule has 0 radical (unpaired) electrons. The van der Waals surface area contributed by atoms with Crippen LogP contribution < -0.4 is 5.32 Å². The highest BCUT2D eigenvalue weighted by Crippen LogP contribution is 2.32. The lowest BCUT2D eigenvalue weighted by atomic mass is 9.97. The van der Waals surface area contributed by atoms with Crippen molar-refractivity contribution >= 4 is 17.5 Å². The zero-order chi connectivity index (χ0) is 27.7. The number of alkyl halides is 4. The van der Waals surface area contributed by atoms with Crippen LogP contribution in [0.4, 0.5) is 23.2 Å². The highest BCUT2D eigenvalue weighted by molar-refractivity contribution is 6.03. The van der Waals surface area contributed by atoms with Crippen LogP contribution in [0.5, 0.6) is 0 Å². The van der Waals surface area contributed by atoms with Crippen LogP contribution in [0.25, 0.3) is 11.3 Å². The van der Waals surface area contributed by atoms with Crippen molar-refractivity contribution in [2.24, 2.45) is 0 Å². The molecule has 14 heteroatoms. The summed E-state index contributed by atoms with van der Waals surface area (Å²) in [5, 5.41) is 10.4. The van der Waals surface area contributed by atoms with Crippen molar-refractivity contribution in [1.29, 1.82) is 0 Å². The molecule has 2 saturated heterocycles. The molecule has 2 aliphatic heterocycles. The van der Waals surface area contributed by atoms with E-state index < -0.39 is 31.0 Å².